The molecule has 192 valence electrons. The molecule has 0 bridgehead atoms. The van der Waals surface area contributed by atoms with Gasteiger partial charge in [0.15, 0.2) is 0 Å². The second-order valence-electron chi connectivity index (χ2n) is 11.1. The number of hydrogen-bond acceptors (Lipinski definition) is 6. The summed E-state index contributed by atoms with van der Waals surface area (Å²) in [6.45, 7) is 1.53. The van der Waals surface area contributed by atoms with Crippen LogP contribution in [0.5, 0.6) is 0 Å². The number of aryl methyl sites for hydroxylation is 1. The third-order valence-electron chi connectivity index (χ3n) is 8.82. The van der Waals surface area contributed by atoms with E-state index in [1.807, 2.05) is 23.1 Å². The van der Waals surface area contributed by atoms with E-state index in [1.54, 1.807) is 6.07 Å². The number of likely N-dealkylation sites (tertiary alicyclic amines) is 1. The number of nitriles is 1. The van der Waals surface area contributed by atoms with Gasteiger partial charge in [-0.2, -0.15) is 10.4 Å². The monoisotopic (exact) mass is 516 g/mol. The van der Waals surface area contributed by atoms with Gasteiger partial charge in [0.25, 0.3) is 5.91 Å². The third-order valence-corrected chi connectivity index (χ3v) is 9.14. The van der Waals surface area contributed by atoms with Crippen molar-refractivity contribution in [3.05, 3.63) is 57.9 Å². The molecule has 1 saturated heterocycles. The van der Waals surface area contributed by atoms with Gasteiger partial charge in [-0.3, -0.25) is 9.80 Å². The second kappa shape index (κ2) is 9.74. The van der Waals surface area contributed by atoms with E-state index in [0.717, 1.165) is 55.0 Å². The highest BCUT2D eigenvalue weighted by atomic mass is 35.5. The van der Waals surface area contributed by atoms with Crippen LogP contribution in [-0.4, -0.2) is 65.7 Å². The maximum Gasteiger partial charge on any atom is 0.272 e. The van der Waals surface area contributed by atoms with Crippen LogP contribution in [0.1, 0.15) is 65.8 Å². The highest BCUT2D eigenvalue weighted by Crippen LogP contribution is 2.45. The molecule has 6 rings (SSSR count). The number of rotatable bonds is 4. The summed E-state index contributed by atoms with van der Waals surface area (Å²) in [5, 5.41) is 17.2. The molecular weight excluding hydrogens is 484 g/mol. The number of carbonyl (C=O) groups excluding carboxylic acids is 1. The predicted molar refractivity (Wildman–Crippen MR) is 145 cm³/mol. The summed E-state index contributed by atoms with van der Waals surface area (Å²) in [5.74, 6) is 0.934. The predicted octanol–water partition coefficient (Wildman–Crippen LogP) is 4.73. The SMILES string of the molecule is CN(C)[C@H]1CCN(C(=O)c2ccc3c(n2)CCC2C3=NN(c3ccc(C#N)c(Cl)c3)C2C2CCCC2)C1. The number of fused-ring (bicyclic) bond motifs is 3. The summed E-state index contributed by atoms with van der Waals surface area (Å²) < 4.78 is 0. The number of anilines is 1. The molecule has 3 heterocycles. The second-order valence-corrected chi connectivity index (χ2v) is 11.5. The first-order valence-corrected chi connectivity index (χ1v) is 13.9. The zero-order valence-corrected chi connectivity index (χ0v) is 22.3. The van der Waals surface area contributed by atoms with E-state index in [2.05, 4.69) is 36.1 Å². The summed E-state index contributed by atoms with van der Waals surface area (Å²) >= 11 is 6.43. The van der Waals surface area contributed by atoms with Crippen molar-refractivity contribution in [2.24, 2.45) is 16.9 Å². The molecule has 37 heavy (non-hydrogen) atoms. The van der Waals surface area contributed by atoms with Crippen LogP contribution in [0.2, 0.25) is 5.02 Å². The Labute approximate surface area is 223 Å². The largest absolute Gasteiger partial charge is 0.336 e. The van der Waals surface area contributed by atoms with E-state index >= 15 is 0 Å². The highest BCUT2D eigenvalue weighted by molar-refractivity contribution is 6.32. The van der Waals surface area contributed by atoms with E-state index in [-0.39, 0.29) is 11.9 Å². The van der Waals surface area contributed by atoms with Crippen molar-refractivity contribution < 1.29 is 4.79 Å². The number of amides is 1. The lowest BCUT2D eigenvalue weighted by atomic mass is 9.76. The number of nitrogens with zero attached hydrogens (tertiary/aromatic N) is 6. The Morgan fingerprint density at radius 3 is 2.65 bits per heavy atom. The Balaban J connectivity index is 1.32. The van der Waals surface area contributed by atoms with E-state index in [4.69, 9.17) is 21.7 Å². The lowest BCUT2D eigenvalue weighted by Gasteiger charge is -2.34. The number of halogens is 1. The number of benzene rings is 1. The first-order chi connectivity index (χ1) is 17.9. The Bertz CT molecular complexity index is 1290. The smallest absolute Gasteiger partial charge is 0.272 e. The Morgan fingerprint density at radius 1 is 1.14 bits per heavy atom. The van der Waals surface area contributed by atoms with E-state index in [0.29, 0.717) is 34.2 Å². The average molecular weight is 517 g/mol. The summed E-state index contributed by atoms with van der Waals surface area (Å²) in [7, 11) is 4.14. The Morgan fingerprint density at radius 2 is 1.95 bits per heavy atom. The van der Waals surface area contributed by atoms with Gasteiger partial charge < -0.3 is 9.80 Å². The number of hydrogen-bond donors (Lipinski definition) is 0. The van der Waals surface area contributed by atoms with E-state index in [9.17, 15) is 10.1 Å². The molecule has 1 amide bonds. The van der Waals surface area contributed by atoms with Crippen molar-refractivity contribution >= 4 is 28.9 Å². The molecular formula is C29H33ClN6O. The van der Waals surface area contributed by atoms with E-state index in [1.165, 1.54) is 25.7 Å². The number of aromatic nitrogens is 1. The molecule has 2 aliphatic heterocycles. The standard InChI is InChI=1S/C29H33ClN6O/c1-34(2)21-13-14-35(17-21)29(37)26-12-9-22-25(32-26)11-10-23-27(22)33-36(28(23)18-5-3-4-6-18)20-8-7-19(16-31)24(30)15-20/h7-9,12,15,18,21,23,28H,3-6,10-11,13-14,17H2,1-2H3/t21-,23?,28?/m0/s1. The van der Waals surface area contributed by atoms with Crippen LogP contribution in [0.4, 0.5) is 5.69 Å². The first-order valence-electron chi connectivity index (χ1n) is 13.5. The molecule has 1 saturated carbocycles. The minimum Gasteiger partial charge on any atom is -0.336 e. The Hall–Kier alpha value is -2.95. The lowest BCUT2D eigenvalue weighted by molar-refractivity contribution is 0.0777. The van der Waals surface area contributed by atoms with Crippen LogP contribution in [0.15, 0.2) is 35.4 Å². The average Bonchev–Trinajstić information content (AvgIpc) is 3.67. The minimum absolute atomic E-state index is 0.0281. The summed E-state index contributed by atoms with van der Waals surface area (Å²) in [4.78, 5) is 22.3. The van der Waals surface area contributed by atoms with Gasteiger partial charge in [0.05, 0.1) is 33.7 Å². The number of pyridine rings is 1. The van der Waals surface area contributed by atoms with Crippen LogP contribution in [0, 0.1) is 23.2 Å². The van der Waals surface area contributed by atoms with Crippen LogP contribution in [0.3, 0.4) is 0 Å². The van der Waals surface area contributed by atoms with Gasteiger partial charge >= 0.3 is 0 Å². The zero-order chi connectivity index (χ0) is 25.7. The molecule has 3 atom stereocenters. The Kier molecular flexibility index (Phi) is 6.42. The summed E-state index contributed by atoms with van der Waals surface area (Å²) in [5.41, 5.74) is 5.10. The molecule has 0 N–H and O–H groups in total. The lowest BCUT2D eigenvalue weighted by Crippen LogP contribution is -2.41. The van der Waals surface area contributed by atoms with Gasteiger partial charge in [0.1, 0.15) is 11.8 Å². The molecule has 0 spiro atoms. The molecule has 1 aromatic carbocycles. The van der Waals surface area contributed by atoms with Crippen molar-refractivity contribution in [2.75, 3.05) is 32.2 Å². The molecule has 2 fully saturated rings. The normalized spacial score (nSPS) is 25.3. The van der Waals surface area contributed by atoms with Gasteiger partial charge in [-0.1, -0.05) is 24.4 Å². The zero-order valence-electron chi connectivity index (χ0n) is 21.5. The molecule has 1 aromatic heterocycles. The van der Waals surface area contributed by atoms with Crippen molar-refractivity contribution in [1.82, 2.24) is 14.8 Å². The molecule has 2 aliphatic carbocycles. The number of carbonyl (C=O) groups is 1. The van der Waals surface area contributed by atoms with Crippen molar-refractivity contribution in [3.63, 3.8) is 0 Å². The minimum atomic E-state index is 0.0281. The van der Waals surface area contributed by atoms with E-state index < -0.39 is 0 Å². The summed E-state index contributed by atoms with van der Waals surface area (Å²) in [6.07, 6.45) is 7.79. The first kappa shape index (κ1) is 24.4. The molecule has 0 radical (unpaired) electrons. The van der Waals surface area contributed by atoms with Crippen LogP contribution in [-0.2, 0) is 6.42 Å². The fourth-order valence-corrected chi connectivity index (χ4v) is 7.01. The van der Waals surface area contributed by atoms with Crippen molar-refractivity contribution in [1.29, 1.82) is 5.26 Å². The fraction of sp³-hybridized carbons (Fsp3) is 0.517. The van der Waals surface area contributed by atoms with Crippen LogP contribution >= 0.6 is 11.6 Å². The molecule has 2 unspecified atom stereocenters. The van der Waals surface area contributed by atoms with Gasteiger partial charge in [0, 0.05) is 30.6 Å². The summed E-state index contributed by atoms with van der Waals surface area (Å²) in [6, 6.07) is 12.4. The maximum absolute atomic E-state index is 13.2. The van der Waals surface area contributed by atoms with Crippen LogP contribution < -0.4 is 5.01 Å². The van der Waals surface area contributed by atoms with Gasteiger partial charge in [0.2, 0.25) is 0 Å². The van der Waals surface area contributed by atoms with Crippen molar-refractivity contribution in [3.8, 4) is 6.07 Å². The molecule has 4 aliphatic rings. The molecule has 2 aromatic rings. The number of hydrazone groups is 1. The molecule has 8 heteroatoms. The quantitative estimate of drug-likeness (QED) is 0.587. The highest BCUT2D eigenvalue weighted by Gasteiger charge is 2.46. The maximum atomic E-state index is 13.2. The van der Waals surface area contributed by atoms with Crippen molar-refractivity contribution in [2.45, 2.75) is 57.0 Å². The topological polar surface area (TPSA) is 75.8 Å². The number of likely N-dealkylation sites (N-methyl/N-ethyl adjacent to an activating group) is 1. The van der Waals surface area contributed by atoms with Gasteiger partial charge in [-0.05, 0) is 82.4 Å². The molecule has 7 nitrogen and oxygen atoms in total. The van der Waals surface area contributed by atoms with Gasteiger partial charge in [-0.15, -0.1) is 0 Å². The fourth-order valence-electron chi connectivity index (χ4n) is 6.79. The van der Waals surface area contributed by atoms with Gasteiger partial charge in [-0.25, -0.2) is 4.98 Å². The third kappa shape index (κ3) is 4.30. The van der Waals surface area contributed by atoms with Crippen LogP contribution in [0.25, 0.3) is 0 Å².